The summed E-state index contributed by atoms with van der Waals surface area (Å²) in [5, 5.41) is 11.7. The lowest BCUT2D eigenvalue weighted by atomic mass is 9.78. The van der Waals surface area contributed by atoms with E-state index in [4.69, 9.17) is 13.9 Å². The lowest BCUT2D eigenvalue weighted by molar-refractivity contribution is -0.131. The van der Waals surface area contributed by atoms with Crippen molar-refractivity contribution in [2.24, 2.45) is 0 Å². The van der Waals surface area contributed by atoms with Gasteiger partial charge in [-0.1, -0.05) is 20.8 Å². The Labute approximate surface area is 179 Å². The molecule has 2 fully saturated rings. The number of amides is 1. The smallest absolute Gasteiger partial charge is 0.231 e. The molecule has 164 valence electrons. The molecule has 4 atom stereocenters. The van der Waals surface area contributed by atoms with Gasteiger partial charge in [0.2, 0.25) is 12.7 Å². The average molecular weight is 432 g/mol. The zero-order valence-corrected chi connectivity index (χ0v) is 19.7. The highest BCUT2D eigenvalue weighted by atomic mass is 28.4. The maximum Gasteiger partial charge on any atom is 0.231 e. The van der Waals surface area contributed by atoms with Gasteiger partial charge in [-0.15, -0.1) is 0 Å². The Morgan fingerprint density at radius 3 is 2.60 bits per heavy atom. The molecule has 6 nitrogen and oxygen atoms in total. The monoisotopic (exact) mass is 431 g/mol. The van der Waals surface area contributed by atoms with Crippen LogP contribution in [0.3, 0.4) is 0 Å². The van der Waals surface area contributed by atoms with E-state index in [1.807, 2.05) is 12.1 Å². The van der Waals surface area contributed by atoms with Crippen LogP contribution in [-0.2, 0) is 15.6 Å². The van der Waals surface area contributed by atoms with E-state index >= 15 is 0 Å². The number of nitrogens with zero attached hydrogens (tertiary/aromatic N) is 1. The Kier molecular flexibility index (Phi) is 4.38. The third-order valence-electron chi connectivity index (χ3n) is 8.29. The van der Waals surface area contributed by atoms with E-state index in [0.29, 0.717) is 19.4 Å². The molecule has 0 bridgehead atoms. The van der Waals surface area contributed by atoms with Crippen molar-refractivity contribution in [1.29, 1.82) is 0 Å². The molecule has 1 saturated heterocycles. The standard InChI is InChI=1S/C23H33NO5Si/c1-22(2,3)30(4,5)29-18-12-23-8-6-19(25)24(23)9-7-14-10-16-17(28-13-27-16)11-15(14)20(23)21(18)26/h10-11,18,20-21,26H,6-9,12-13H2,1-5H3/t18-,20-,21-,23+/m1/s1. The van der Waals surface area contributed by atoms with Gasteiger partial charge in [0, 0.05) is 18.9 Å². The summed E-state index contributed by atoms with van der Waals surface area (Å²) in [5.74, 6) is 1.54. The van der Waals surface area contributed by atoms with Crippen molar-refractivity contribution < 1.29 is 23.8 Å². The van der Waals surface area contributed by atoms with E-state index in [9.17, 15) is 9.90 Å². The van der Waals surface area contributed by atoms with Gasteiger partial charge in [-0.05, 0) is 60.7 Å². The van der Waals surface area contributed by atoms with Gasteiger partial charge in [-0.3, -0.25) is 4.79 Å². The number of ether oxygens (including phenoxy) is 2. The molecule has 7 heteroatoms. The molecule has 30 heavy (non-hydrogen) atoms. The van der Waals surface area contributed by atoms with Crippen molar-refractivity contribution in [1.82, 2.24) is 4.90 Å². The Bertz CT molecular complexity index is 894. The van der Waals surface area contributed by atoms with Crippen molar-refractivity contribution in [3.63, 3.8) is 0 Å². The van der Waals surface area contributed by atoms with E-state index in [1.54, 1.807) is 0 Å². The molecule has 4 aliphatic rings. The first-order chi connectivity index (χ1) is 14.0. The Balaban J connectivity index is 1.59. The number of benzene rings is 1. The Morgan fingerprint density at radius 2 is 1.90 bits per heavy atom. The van der Waals surface area contributed by atoms with Gasteiger partial charge in [0.05, 0.1) is 17.7 Å². The Morgan fingerprint density at radius 1 is 1.20 bits per heavy atom. The first kappa shape index (κ1) is 20.3. The molecular formula is C23H33NO5Si. The van der Waals surface area contributed by atoms with Crippen LogP contribution in [0.1, 0.15) is 57.1 Å². The fourth-order valence-electron chi connectivity index (χ4n) is 5.73. The molecule has 5 rings (SSSR count). The predicted molar refractivity (Wildman–Crippen MR) is 115 cm³/mol. The highest BCUT2D eigenvalue weighted by molar-refractivity contribution is 6.74. The molecule has 0 aromatic heterocycles. The van der Waals surface area contributed by atoms with Crippen LogP contribution in [0.4, 0.5) is 0 Å². The summed E-state index contributed by atoms with van der Waals surface area (Å²) in [6.07, 6.45) is 1.89. The van der Waals surface area contributed by atoms with Crippen molar-refractivity contribution in [2.75, 3.05) is 13.3 Å². The topological polar surface area (TPSA) is 68.2 Å². The normalized spacial score (nSPS) is 32.7. The summed E-state index contributed by atoms with van der Waals surface area (Å²) in [6.45, 7) is 12.0. The second-order valence-corrected chi connectivity index (χ2v) is 15.6. The summed E-state index contributed by atoms with van der Waals surface area (Å²) >= 11 is 0. The highest BCUT2D eigenvalue weighted by Gasteiger charge is 2.62. The van der Waals surface area contributed by atoms with Crippen LogP contribution in [-0.4, -0.2) is 55.3 Å². The number of carbonyl (C=O) groups excluding carboxylic acids is 1. The SMILES string of the molecule is CC(C)(C)[Si](C)(C)O[C@@H]1C[C@]23CCC(=O)N2CCc2cc4c(cc2[C@@H]3[C@@H]1O)OCO4. The van der Waals surface area contributed by atoms with E-state index in [1.165, 1.54) is 0 Å². The van der Waals surface area contributed by atoms with Crippen LogP contribution in [0.15, 0.2) is 12.1 Å². The largest absolute Gasteiger partial charge is 0.454 e. The molecule has 3 aliphatic heterocycles. The van der Waals surface area contributed by atoms with Crippen LogP contribution in [0, 0.1) is 0 Å². The molecule has 0 radical (unpaired) electrons. The number of hydrogen-bond donors (Lipinski definition) is 1. The summed E-state index contributed by atoms with van der Waals surface area (Å²) < 4.78 is 18.0. The molecule has 1 aliphatic carbocycles. The molecular weight excluding hydrogens is 398 g/mol. The fourth-order valence-corrected chi connectivity index (χ4v) is 7.06. The Hall–Kier alpha value is -1.57. The second-order valence-electron chi connectivity index (χ2n) is 10.9. The predicted octanol–water partition coefficient (Wildman–Crippen LogP) is 3.57. The first-order valence-electron chi connectivity index (χ1n) is 11.1. The van der Waals surface area contributed by atoms with Gasteiger partial charge >= 0.3 is 0 Å². The molecule has 1 N–H and O–H groups in total. The van der Waals surface area contributed by atoms with E-state index in [2.05, 4.69) is 38.8 Å². The lowest BCUT2D eigenvalue weighted by Crippen LogP contribution is -2.48. The highest BCUT2D eigenvalue weighted by Crippen LogP contribution is 2.57. The van der Waals surface area contributed by atoms with Gasteiger partial charge in [0.25, 0.3) is 0 Å². The maximum absolute atomic E-state index is 12.9. The van der Waals surface area contributed by atoms with Gasteiger partial charge in [-0.25, -0.2) is 0 Å². The molecule has 1 aromatic carbocycles. The van der Waals surface area contributed by atoms with E-state index < -0.39 is 14.4 Å². The fraction of sp³-hybridized carbons (Fsp3) is 0.696. The van der Waals surface area contributed by atoms with Gasteiger partial charge in [0.15, 0.2) is 19.8 Å². The maximum atomic E-state index is 12.9. The first-order valence-corrected chi connectivity index (χ1v) is 14.0. The van der Waals surface area contributed by atoms with Crippen molar-refractivity contribution >= 4 is 14.2 Å². The number of aliphatic hydroxyl groups is 1. The van der Waals surface area contributed by atoms with Gasteiger partial charge in [0.1, 0.15) is 0 Å². The quantitative estimate of drug-likeness (QED) is 0.725. The zero-order chi connectivity index (χ0) is 21.5. The molecule has 3 heterocycles. The summed E-state index contributed by atoms with van der Waals surface area (Å²) in [5.41, 5.74) is 1.88. The third kappa shape index (κ3) is 2.78. The van der Waals surface area contributed by atoms with Crippen molar-refractivity contribution in [3.05, 3.63) is 23.3 Å². The molecule has 1 aromatic rings. The lowest BCUT2D eigenvalue weighted by Gasteiger charge is -2.40. The third-order valence-corrected chi connectivity index (χ3v) is 12.8. The number of aliphatic hydroxyl groups excluding tert-OH is 1. The molecule has 0 unspecified atom stereocenters. The molecule has 1 amide bonds. The number of fused-ring (bicyclic) bond motifs is 3. The van der Waals surface area contributed by atoms with Crippen molar-refractivity contribution in [2.45, 2.75) is 88.3 Å². The minimum absolute atomic E-state index is 0.0597. The minimum atomic E-state index is -2.07. The van der Waals surface area contributed by atoms with Crippen LogP contribution < -0.4 is 9.47 Å². The van der Waals surface area contributed by atoms with Gasteiger partial charge in [-0.2, -0.15) is 0 Å². The minimum Gasteiger partial charge on any atom is -0.454 e. The number of hydrogen-bond acceptors (Lipinski definition) is 5. The second kappa shape index (κ2) is 6.47. The zero-order valence-electron chi connectivity index (χ0n) is 18.7. The summed E-state index contributed by atoms with van der Waals surface area (Å²) in [7, 11) is -2.07. The van der Waals surface area contributed by atoms with Crippen molar-refractivity contribution in [3.8, 4) is 11.5 Å². The van der Waals surface area contributed by atoms with Crippen LogP contribution >= 0.6 is 0 Å². The van der Waals surface area contributed by atoms with E-state index in [0.717, 1.165) is 35.5 Å². The van der Waals surface area contributed by atoms with E-state index in [-0.39, 0.29) is 35.3 Å². The van der Waals surface area contributed by atoms with Crippen LogP contribution in [0.2, 0.25) is 18.1 Å². The average Bonchev–Trinajstić information content (AvgIpc) is 3.27. The molecule has 1 saturated carbocycles. The van der Waals surface area contributed by atoms with Crippen LogP contribution in [0.25, 0.3) is 0 Å². The summed E-state index contributed by atoms with van der Waals surface area (Å²) in [4.78, 5) is 14.9. The molecule has 1 spiro atoms. The number of rotatable bonds is 2. The van der Waals surface area contributed by atoms with Gasteiger partial charge < -0.3 is 23.9 Å². The van der Waals surface area contributed by atoms with Crippen LogP contribution in [0.5, 0.6) is 11.5 Å². The number of carbonyl (C=O) groups is 1. The summed E-state index contributed by atoms with van der Waals surface area (Å²) in [6, 6.07) is 4.10.